The molecule has 0 aliphatic carbocycles. The number of carbonyl (C=O) groups excluding carboxylic acids is 3. The van der Waals surface area contributed by atoms with Crippen molar-refractivity contribution in [1.29, 1.82) is 0 Å². The van der Waals surface area contributed by atoms with E-state index in [1.54, 1.807) is 29.0 Å². The molecule has 3 heterocycles. The first-order valence-electron chi connectivity index (χ1n) is 14.5. The minimum absolute atomic E-state index is 0.0189. The van der Waals surface area contributed by atoms with Crippen molar-refractivity contribution in [1.82, 2.24) is 14.7 Å². The summed E-state index contributed by atoms with van der Waals surface area (Å²) in [4.78, 5) is 47.5. The molecule has 6 atom stereocenters. The number of aliphatic hydroxyl groups is 1. The van der Waals surface area contributed by atoms with Crippen molar-refractivity contribution in [3.63, 3.8) is 0 Å². The second kappa shape index (κ2) is 12.8. The van der Waals surface area contributed by atoms with E-state index in [0.717, 1.165) is 44.9 Å². The van der Waals surface area contributed by atoms with Crippen molar-refractivity contribution >= 4 is 17.7 Å². The Bertz CT molecular complexity index is 893. The number of fused-ring (bicyclic) bond motifs is 1. The fourth-order valence-corrected chi connectivity index (χ4v) is 7.08. The van der Waals surface area contributed by atoms with Crippen LogP contribution in [-0.4, -0.2) is 94.6 Å². The Balaban J connectivity index is 2.01. The predicted molar refractivity (Wildman–Crippen MR) is 148 cm³/mol. The normalized spacial score (nSPS) is 31.4. The van der Waals surface area contributed by atoms with Gasteiger partial charge in [0.1, 0.15) is 11.6 Å². The molecule has 0 saturated carbocycles. The highest BCUT2D eigenvalue weighted by atomic mass is 16.5. The van der Waals surface area contributed by atoms with E-state index >= 15 is 0 Å². The van der Waals surface area contributed by atoms with Crippen LogP contribution in [0.5, 0.6) is 0 Å². The molecule has 3 saturated heterocycles. The summed E-state index contributed by atoms with van der Waals surface area (Å²) < 4.78 is 6.84. The molecule has 0 aromatic heterocycles. The number of likely N-dealkylation sites (tertiary alicyclic amines) is 1. The molecule has 0 aromatic rings. The molecule has 1 spiro atoms. The van der Waals surface area contributed by atoms with Crippen LogP contribution in [0.4, 0.5) is 0 Å². The van der Waals surface area contributed by atoms with Gasteiger partial charge in [-0.25, -0.2) is 0 Å². The van der Waals surface area contributed by atoms with Gasteiger partial charge in [-0.2, -0.15) is 0 Å². The first-order valence-corrected chi connectivity index (χ1v) is 14.5. The standard InChI is InChI=1S/C30H49N3O5/c1-7-10-13-18-32(17-9-3)28(37)25-30-21-22(4)29(5,38-30)23(26(35)31(6)16-8-2)24(30)27(36)33(25)19-14-11-12-15-20-34/h8-9,22-25,34H,2-3,7,10-21H2,1,4-6H3/t22?,23-,24+,25?,29+,30?/m1/s1. The minimum atomic E-state index is -1.02. The van der Waals surface area contributed by atoms with Crippen LogP contribution in [-0.2, 0) is 19.1 Å². The van der Waals surface area contributed by atoms with E-state index in [-0.39, 0.29) is 30.2 Å². The van der Waals surface area contributed by atoms with Gasteiger partial charge in [-0.3, -0.25) is 14.4 Å². The summed E-state index contributed by atoms with van der Waals surface area (Å²) in [5.41, 5.74) is -1.84. The average molecular weight is 532 g/mol. The van der Waals surface area contributed by atoms with Crippen LogP contribution in [0.3, 0.4) is 0 Å². The number of nitrogens with zero attached hydrogens (tertiary/aromatic N) is 3. The predicted octanol–water partition coefficient (Wildman–Crippen LogP) is 3.40. The van der Waals surface area contributed by atoms with Gasteiger partial charge in [0.05, 0.1) is 17.4 Å². The third-order valence-electron chi connectivity index (χ3n) is 9.09. The molecule has 38 heavy (non-hydrogen) atoms. The number of likely N-dealkylation sites (N-methyl/N-ethyl adjacent to an activating group) is 1. The Hall–Kier alpha value is -2.19. The molecular formula is C30H49N3O5. The van der Waals surface area contributed by atoms with E-state index in [4.69, 9.17) is 9.84 Å². The maximum Gasteiger partial charge on any atom is 0.248 e. The van der Waals surface area contributed by atoms with Crippen LogP contribution < -0.4 is 0 Å². The van der Waals surface area contributed by atoms with E-state index in [0.29, 0.717) is 32.6 Å². The minimum Gasteiger partial charge on any atom is -0.396 e. The number of hydrogen-bond donors (Lipinski definition) is 1. The summed E-state index contributed by atoms with van der Waals surface area (Å²) in [5, 5.41) is 9.15. The molecule has 2 bridgehead atoms. The lowest BCUT2D eigenvalue weighted by atomic mass is 9.62. The van der Waals surface area contributed by atoms with Crippen molar-refractivity contribution in [2.24, 2.45) is 17.8 Å². The third kappa shape index (κ3) is 5.31. The van der Waals surface area contributed by atoms with Gasteiger partial charge >= 0.3 is 0 Å². The van der Waals surface area contributed by atoms with Crippen molar-refractivity contribution in [2.45, 2.75) is 89.4 Å². The SMILES string of the molecule is C=CCN(C)C(=O)[C@H]1[C@H]2C(=O)N(CCCCCCO)C(C(=O)N(CC=C)CCCCC)C23CC(C)[C@]1(C)O3. The lowest BCUT2D eigenvalue weighted by Crippen LogP contribution is -2.57. The maximum atomic E-state index is 14.3. The monoisotopic (exact) mass is 531 g/mol. The van der Waals surface area contributed by atoms with E-state index in [9.17, 15) is 14.4 Å². The van der Waals surface area contributed by atoms with Gasteiger partial charge in [-0.05, 0) is 38.5 Å². The first-order chi connectivity index (χ1) is 18.1. The molecule has 0 radical (unpaired) electrons. The Morgan fingerprint density at radius 2 is 1.79 bits per heavy atom. The molecule has 8 heteroatoms. The molecule has 1 N–H and O–H groups in total. The lowest BCUT2D eigenvalue weighted by molar-refractivity contribution is -0.154. The fourth-order valence-electron chi connectivity index (χ4n) is 7.08. The first kappa shape index (κ1) is 30.4. The molecule has 3 aliphatic heterocycles. The zero-order valence-corrected chi connectivity index (χ0v) is 24.0. The zero-order chi connectivity index (χ0) is 28.1. The highest BCUT2D eigenvalue weighted by Crippen LogP contribution is 2.65. The van der Waals surface area contributed by atoms with Crippen LogP contribution in [0.2, 0.25) is 0 Å². The van der Waals surface area contributed by atoms with Crippen LogP contribution in [0.1, 0.15) is 72.1 Å². The quantitative estimate of drug-likeness (QED) is 0.244. The molecule has 3 fully saturated rings. The maximum absolute atomic E-state index is 14.3. The molecule has 3 aliphatic rings. The number of aliphatic hydroxyl groups excluding tert-OH is 1. The smallest absolute Gasteiger partial charge is 0.248 e. The number of ether oxygens (including phenoxy) is 1. The molecular weight excluding hydrogens is 482 g/mol. The summed E-state index contributed by atoms with van der Waals surface area (Å²) >= 11 is 0. The summed E-state index contributed by atoms with van der Waals surface area (Å²) in [5.74, 6) is -1.68. The van der Waals surface area contributed by atoms with Gasteiger partial charge in [0, 0.05) is 39.8 Å². The lowest BCUT2D eigenvalue weighted by Gasteiger charge is -2.38. The van der Waals surface area contributed by atoms with Crippen LogP contribution in [0.15, 0.2) is 25.3 Å². The van der Waals surface area contributed by atoms with E-state index in [1.165, 1.54) is 0 Å². The number of amides is 3. The second-order valence-electron chi connectivity index (χ2n) is 11.7. The summed E-state index contributed by atoms with van der Waals surface area (Å²) in [6.45, 7) is 15.8. The van der Waals surface area contributed by atoms with Crippen molar-refractivity contribution in [3.05, 3.63) is 25.3 Å². The van der Waals surface area contributed by atoms with Crippen molar-refractivity contribution in [3.8, 4) is 0 Å². The number of rotatable bonds is 16. The van der Waals surface area contributed by atoms with E-state index < -0.39 is 29.1 Å². The molecule has 214 valence electrons. The summed E-state index contributed by atoms with van der Waals surface area (Å²) in [6.07, 6.45) is 10.1. The highest BCUT2D eigenvalue weighted by molar-refractivity contribution is 5.99. The second-order valence-corrected chi connectivity index (χ2v) is 11.7. The Morgan fingerprint density at radius 1 is 1.11 bits per heavy atom. The van der Waals surface area contributed by atoms with Gasteiger partial charge in [-0.1, -0.05) is 51.7 Å². The summed E-state index contributed by atoms with van der Waals surface area (Å²) in [6, 6.07) is -0.758. The Morgan fingerprint density at radius 3 is 2.42 bits per heavy atom. The fraction of sp³-hybridized carbons (Fsp3) is 0.767. The number of unbranched alkanes of at least 4 members (excludes halogenated alkanes) is 5. The molecule has 3 rings (SSSR count). The topological polar surface area (TPSA) is 90.4 Å². The van der Waals surface area contributed by atoms with Gasteiger partial charge in [0.15, 0.2) is 0 Å². The molecule has 3 unspecified atom stereocenters. The van der Waals surface area contributed by atoms with Gasteiger partial charge in [-0.15, -0.1) is 13.2 Å². The van der Waals surface area contributed by atoms with Gasteiger partial charge in [0.25, 0.3) is 0 Å². The number of carbonyl (C=O) groups is 3. The van der Waals surface area contributed by atoms with Gasteiger partial charge in [0.2, 0.25) is 17.7 Å². The molecule has 3 amide bonds. The summed E-state index contributed by atoms with van der Waals surface area (Å²) in [7, 11) is 1.73. The molecule has 8 nitrogen and oxygen atoms in total. The molecule has 0 aromatic carbocycles. The van der Waals surface area contributed by atoms with Gasteiger partial charge < -0.3 is 24.5 Å². The van der Waals surface area contributed by atoms with Crippen LogP contribution >= 0.6 is 0 Å². The third-order valence-corrected chi connectivity index (χ3v) is 9.09. The van der Waals surface area contributed by atoms with E-state index in [2.05, 4.69) is 27.0 Å². The van der Waals surface area contributed by atoms with Crippen LogP contribution in [0, 0.1) is 17.8 Å². The zero-order valence-electron chi connectivity index (χ0n) is 24.0. The largest absolute Gasteiger partial charge is 0.396 e. The van der Waals surface area contributed by atoms with Crippen molar-refractivity contribution < 1.29 is 24.2 Å². The van der Waals surface area contributed by atoms with Crippen LogP contribution in [0.25, 0.3) is 0 Å². The highest BCUT2D eigenvalue weighted by Gasteiger charge is 2.80. The average Bonchev–Trinajstić information content (AvgIpc) is 3.39. The number of hydrogen-bond acceptors (Lipinski definition) is 5. The van der Waals surface area contributed by atoms with E-state index in [1.807, 2.05) is 11.8 Å². The van der Waals surface area contributed by atoms with Crippen molar-refractivity contribution in [2.75, 3.05) is 39.8 Å². The Kier molecular flexibility index (Phi) is 10.2. The Labute approximate surface area is 229 Å².